The third-order valence-corrected chi connectivity index (χ3v) is 4.73. The minimum Gasteiger partial charge on any atom is -0.348 e. The summed E-state index contributed by atoms with van der Waals surface area (Å²) < 4.78 is 1.76. The first-order valence-electron chi connectivity index (χ1n) is 8.89. The molecule has 2 N–H and O–H groups in total. The van der Waals surface area contributed by atoms with E-state index in [1.165, 1.54) is 11.9 Å². The molecule has 27 heavy (non-hydrogen) atoms. The van der Waals surface area contributed by atoms with Gasteiger partial charge in [-0.25, -0.2) is 4.68 Å². The number of hydrogen-bond donors (Lipinski definition) is 2. The number of hydrogen-bond acceptors (Lipinski definition) is 4. The summed E-state index contributed by atoms with van der Waals surface area (Å²) >= 11 is 0. The fourth-order valence-corrected chi connectivity index (χ4v) is 3.32. The second-order valence-corrected chi connectivity index (χ2v) is 6.67. The number of nitrogens with zero attached hydrogens (tertiary/aromatic N) is 3. The predicted octanol–water partition coefficient (Wildman–Crippen LogP) is 3.19. The molecule has 4 rings (SSSR count). The van der Waals surface area contributed by atoms with Crippen molar-refractivity contribution in [3.63, 3.8) is 0 Å². The maximum Gasteiger partial charge on any atom is 0.251 e. The number of anilines is 1. The second kappa shape index (κ2) is 7.07. The predicted molar refractivity (Wildman–Crippen MR) is 104 cm³/mol. The molecule has 2 aromatic carbocycles. The third kappa shape index (κ3) is 3.33. The van der Waals surface area contributed by atoms with Crippen LogP contribution in [0.1, 0.15) is 29.7 Å². The van der Waals surface area contributed by atoms with Crippen LogP contribution >= 0.6 is 0 Å². The Morgan fingerprint density at radius 2 is 1.85 bits per heavy atom. The lowest BCUT2D eigenvalue weighted by Crippen LogP contribution is -2.34. The van der Waals surface area contributed by atoms with Crippen molar-refractivity contribution in [1.29, 1.82) is 0 Å². The summed E-state index contributed by atoms with van der Waals surface area (Å²) in [5.74, 6) is 0.522. The summed E-state index contributed by atoms with van der Waals surface area (Å²) in [5, 5.41) is 10.6. The van der Waals surface area contributed by atoms with Gasteiger partial charge in [0.2, 0.25) is 5.95 Å². The molecule has 1 aromatic heterocycles. The maximum atomic E-state index is 13.1. The van der Waals surface area contributed by atoms with E-state index in [1.54, 1.807) is 4.68 Å². The molecular weight excluding hydrogens is 338 g/mol. The molecule has 2 heterocycles. The van der Waals surface area contributed by atoms with Gasteiger partial charge in [-0.15, -0.1) is 0 Å². The minimum absolute atomic E-state index is 0.115. The van der Waals surface area contributed by atoms with Gasteiger partial charge in [0.05, 0.1) is 5.57 Å². The summed E-state index contributed by atoms with van der Waals surface area (Å²) in [6, 6.07) is 17.7. The van der Waals surface area contributed by atoms with Crippen molar-refractivity contribution in [3.05, 3.63) is 88.9 Å². The number of nitrogens with one attached hydrogen (secondary N) is 2. The molecule has 6 heteroatoms. The van der Waals surface area contributed by atoms with Crippen molar-refractivity contribution in [3.8, 4) is 0 Å². The van der Waals surface area contributed by atoms with Gasteiger partial charge in [0.25, 0.3) is 5.91 Å². The van der Waals surface area contributed by atoms with E-state index in [1.807, 2.05) is 68.4 Å². The number of fused-ring (bicyclic) bond motifs is 1. The molecule has 0 spiro atoms. The Bertz CT molecular complexity index is 989. The van der Waals surface area contributed by atoms with Crippen LogP contribution in [-0.4, -0.2) is 20.7 Å². The molecule has 6 nitrogen and oxygen atoms in total. The molecule has 0 unspecified atom stereocenters. The van der Waals surface area contributed by atoms with Crippen molar-refractivity contribution in [1.82, 2.24) is 20.1 Å². The SMILES string of the molecule is CC1=C(C(=O)NCc2ccccc2)[C@H](c2ccc(C)cc2)n2ncnc2N1. The van der Waals surface area contributed by atoms with Crippen molar-refractivity contribution in [2.75, 3.05) is 5.32 Å². The van der Waals surface area contributed by atoms with Crippen LogP contribution in [-0.2, 0) is 11.3 Å². The van der Waals surface area contributed by atoms with Gasteiger partial charge < -0.3 is 10.6 Å². The first-order chi connectivity index (χ1) is 13.1. The Morgan fingerprint density at radius 3 is 2.59 bits per heavy atom. The van der Waals surface area contributed by atoms with Crippen molar-refractivity contribution in [2.24, 2.45) is 0 Å². The van der Waals surface area contributed by atoms with Gasteiger partial charge in [-0.2, -0.15) is 10.1 Å². The molecule has 1 atom stereocenters. The largest absolute Gasteiger partial charge is 0.348 e. The van der Waals surface area contributed by atoms with Gasteiger partial charge >= 0.3 is 0 Å². The molecule has 3 aromatic rings. The van der Waals surface area contributed by atoms with Crippen LogP contribution in [0.4, 0.5) is 5.95 Å². The topological polar surface area (TPSA) is 71.8 Å². The van der Waals surface area contributed by atoms with E-state index in [0.29, 0.717) is 18.1 Å². The summed E-state index contributed by atoms with van der Waals surface area (Å²) in [4.78, 5) is 17.4. The summed E-state index contributed by atoms with van der Waals surface area (Å²) in [6.45, 7) is 4.42. The normalized spacial score (nSPS) is 15.9. The number of carbonyl (C=O) groups is 1. The average molecular weight is 359 g/mol. The fourth-order valence-electron chi connectivity index (χ4n) is 3.32. The third-order valence-electron chi connectivity index (χ3n) is 4.73. The standard InChI is InChI=1S/C21H21N5O/c1-14-8-10-17(11-9-14)19-18(15(2)25-21-23-13-24-26(19)21)20(27)22-12-16-6-4-3-5-7-16/h3-11,13,19H,12H2,1-2H3,(H,22,27)(H,23,24,25)/t19-/m0/s1. The smallest absolute Gasteiger partial charge is 0.251 e. The highest BCUT2D eigenvalue weighted by atomic mass is 16.1. The van der Waals surface area contributed by atoms with E-state index in [4.69, 9.17) is 0 Å². The molecule has 0 saturated heterocycles. The second-order valence-electron chi connectivity index (χ2n) is 6.67. The highest BCUT2D eigenvalue weighted by Crippen LogP contribution is 2.34. The van der Waals surface area contributed by atoms with Gasteiger partial charge in [0.1, 0.15) is 12.4 Å². The van der Waals surface area contributed by atoms with Crippen molar-refractivity contribution < 1.29 is 4.79 Å². The Hall–Kier alpha value is -3.41. The zero-order valence-electron chi connectivity index (χ0n) is 15.3. The summed E-state index contributed by atoms with van der Waals surface area (Å²) in [7, 11) is 0. The van der Waals surface area contributed by atoms with Gasteiger partial charge in [0, 0.05) is 12.2 Å². The fraction of sp³-hybridized carbons (Fsp3) is 0.190. The van der Waals surface area contributed by atoms with E-state index in [2.05, 4.69) is 20.7 Å². The van der Waals surface area contributed by atoms with Crippen LogP contribution in [0.5, 0.6) is 0 Å². The van der Waals surface area contributed by atoms with Crippen LogP contribution in [0.15, 0.2) is 72.2 Å². The Kier molecular flexibility index (Phi) is 4.46. The zero-order valence-corrected chi connectivity index (χ0v) is 15.3. The number of rotatable bonds is 4. The van der Waals surface area contributed by atoms with Crippen molar-refractivity contribution >= 4 is 11.9 Å². The first-order valence-corrected chi connectivity index (χ1v) is 8.89. The van der Waals surface area contributed by atoms with Gasteiger partial charge in [-0.05, 0) is 25.0 Å². The zero-order chi connectivity index (χ0) is 18.8. The molecular formula is C21H21N5O. The van der Waals surface area contributed by atoms with Crippen LogP contribution in [0.25, 0.3) is 0 Å². The lowest BCUT2D eigenvalue weighted by molar-refractivity contribution is -0.118. The highest BCUT2D eigenvalue weighted by molar-refractivity contribution is 5.96. The van der Waals surface area contributed by atoms with E-state index in [9.17, 15) is 4.79 Å². The number of allylic oxidation sites excluding steroid dienone is 1. The molecule has 0 saturated carbocycles. The van der Waals surface area contributed by atoms with E-state index in [-0.39, 0.29) is 11.9 Å². The first kappa shape index (κ1) is 17.0. The highest BCUT2D eigenvalue weighted by Gasteiger charge is 2.33. The number of aryl methyl sites for hydroxylation is 1. The molecule has 0 bridgehead atoms. The molecule has 1 aliphatic heterocycles. The lowest BCUT2D eigenvalue weighted by Gasteiger charge is -2.28. The average Bonchev–Trinajstić information content (AvgIpc) is 3.14. The molecule has 136 valence electrons. The minimum atomic E-state index is -0.319. The molecule has 0 radical (unpaired) electrons. The van der Waals surface area contributed by atoms with Crippen LogP contribution in [0.3, 0.4) is 0 Å². The van der Waals surface area contributed by atoms with Crippen LogP contribution in [0, 0.1) is 6.92 Å². The van der Waals surface area contributed by atoms with E-state index in [0.717, 1.165) is 16.8 Å². The van der Waals surface area contributed by atoms with Gasteiger partial charge in [0.15, 0.2) is 0 Å². The Balaban J connectivity index is 1.67. The van der Waals surface area contributed by atoms with Crippen LogP contribution in [0.2, 0.25) is 0 Å². The molecule has 1 amide bonds. The maximum absolute atomic E-state index is 13.1. The quantitative estimate of drug-likeness (QED) is 0.750. The molecule has 1 aliphatic rings. The Labute approximate surface area is 157 Å². The van der Waals surface area contributed by atoms with Gasteiger partial charge in [-0.3, -0.25) is 4.79 Å². The van der Waals surface area contributed by atoms with Crippen LogP contribution < -0.4 is 10.6 Å². The Morgan fingerprint density at radius 1 is 1.11 bits per heavy atom. The summed E-state index contributed by atoms with van der Waals surface area (Å²) in [5.41, 5.74) is 4.65. The lowest BCUT2D eigenvalue weighted by atomic mass is 9.94. The number of benzene rings is 2. The van der Waals surface area contributed by atoms with E-state index >= 15 is 0 Å². The number of aromatic nitrogens is 3. The molecule has 0 aliphatic carbocycles. The van der Waals surface area contributed by atoms with E-state index < -0.39 is 0 Å². The van der Waals surface area contributed by atoms with Crippen molar-refractivity contribution in [2.45, 2.75) is 26.4 Å². The number of amides is 1. The monoisotopic (exact) mass is 359 g/mol. The van der Waals surface area contributed by atoms with Gasteiger partial charge in [-0.1, -0.05) is 60.2 Å². The summed E-state index contributed by atoms with van der Waals surface area (Å²) in [6.07, 6.45) is 1.50. The molecule has 0 fully saturated rings. The number of carbonyl (C=O) groups excluding carboxylic acids is 1.